The van der Waals surface area contributed by atoms with E-state index in [1.165, 1.54) is 11.1 Å². The van der Waals surface area contributed by atoms with Gasteiger partial charge in [-0.1, -0.05) is 0 Å². The number of hydrogen-bond acceptors (Lipinski definition) is 0. The van der Waals surface area contributed by atoms with E-state index < -0.39 is 23.2 Å². The molecule has 0 bridgehead atoms. The molecule has 0 aromatic heterocycles. The molecule has 0 aliphatic heterocycles. The van der Waals surface area contributed by atoms with Crippen LogP contribution >= 0.6 is 0 Å². The molecule has 0 fully saturated rings. The standard InChI is InChI=1S/C11H11.C5H5.Zr/c1-8-4-3-5-10-9(2)6-7-11(8)10;1-2-4-5-3-1;/h3-5,7,9H,1-2H3;1-5H;. The van der Waals surface area contributed by atoms with E-state index in [0.29, 0.717) is 5.92 Å². The molecule has 0 radical (unpaired) electrons. The predicted molar refractivity (Wildman–Crippen MR) is 69.6 cm³/mol. The Labute approximate surface area is 115 Å². The second-order valence-electron chi connectivity index (χ2n) is 4.84. The summed E-state index contributed by atoms with van der Waals surface area (Å²) < 4.78 is 2.53. The van der Waals surface area contributed by atoms with Gasteiger partial charge < -0.3 is 0 Å². The van der Waals surface area contributed by atoms with Gasteiger partial charge in [0.15, 0.2) is 0 Å². The van der Waals surface area contributed by atoms with E-state index in [-0.39, 0.29) is 0 Å². The molecule has 84 valence electrons. The van der Waals surface area contributed by atoms with Gasteiger partial charge in [0.2, 0.25) is 0 Å². The maximum absolute atomic E-state index is 2.49. The van der Waals surface area contributed by atoms with Crippen LogP contribution in [0, 0.1) is 6.92 Å². The summed E-state index contributed by atoms with van der Waals surface area (Å²) >= 11 is -0.477. The molecule has 1 heteroatoms. The van der Waals surface area contributed by atoms with E-state index in [1.807, 2.05) is 0 Å². The van der Waals surface area contributed by atoms with Crippen molar-refractivity contribution in [2.24, 2.45) is 0 Å². The van der Waals surface area contributed by atoms with Gasteiger partial charge in [0, 0.05) is 0 Å². The van der Waals surface area contributed by atoms with Gasteiger partial charge in [0.05, 0.1) is 0 Å². The van der Waals surface area contributed by atoms with Crippen LogP contribution in [0.5, 0.6) is 0 Å². The fraction of sp³-hybridized carbons (Fsp3) is 0.250. The first kappa shape index (κ1) is 11.4. The fourth-order valence-electron chi connectivity index (χ4n) is 2.61. The van der Waals surface area contributed by atoms with Crippen LogP contribution in [0.2, 0.25) is 3.63 Å². The van der Waals surface area contributed by atoms with Crippen LogP contribution < -0.4 is 0 Å². The van der Waals surface area contributed by atoms with Crippen molar-refractivity contribution in [1.82, 2.24) is 0 Å². The average molecular weight is 300 g/mol. The monoisotopic (exact) mass is 298 g/mol. The Kier molecular flexibility index (Phi) is 3.05. The third kappa shape index (κ3) is 2.06. The normalized spacial score (nSPS) is 21.8. The molecule has 0 N–H and O–H groups in total. The third-order valence-electron chi connectivity index (χ3n) is 3.67. The van der Waals surface area contributed by atoms with E-state index in [9.17, 15) is 0 Å². The molecule has 0 nitrogen and oxygen atoms in total. The van der Waals surface area contributed by atoms with Gasteiger partial charge >= 0.3 is 115 Å². The van der Waals surface area contributed by atoms with Crippen LogP contribution in [0.15, 0.2) is 45.8 Å². The Hall–Kier alpha value is -0.677. The summed E-state index contributed by atoms with van der Waals surface area (Å²) in [7, 11) is 0. The Morgan fingerprint density at radius 2 is 1.88 bits per heavy atom. The summed E-state index contributed by atoms with van der Waals surface area (Å²) in [6.07, 6.45) is 11.6. The summed E-state index contributed by atoms with van der Waals surface area (Å²) in [6, 6.07) is 6.73. The van der Waals surface area contributed by atoms with Crippen LogP contribution in [0.4, 0.5) is 0 Å². The van der Waals surface area contributed by atoms with Crippen molar-refractivity contribution in [2.45, 2.75) is 23.4 Å². The molecule has 1 atom stereocenters. The minimum absolute atomic E-state index is 0.477. The molecule has 2 aliphatic carbocycles. The summed E-state index contributed by atoms with van der Waals surface area (Å²) in [5.41, 5.74) is 4.48. The SMILES string of the molecule is Cc1cccc2c1C=[C]([Zr][CH]1C=CC=C1)C2C. The number of rotatable bonds is 2. The molecular formula is C16H16Zr. The maximum atomic E-state index is 2.49. The molecule has 1 aromatic rings. The topological polar surface area (TPSA) is 0 Å². The Balaban J connectivity index is 1.89. The number of allylic oxidation sites excluding steroid dienone is 5. The zero-order valence-electron chi connectivity index (χ0n) is 10.3. The third-order valence-corrected chi connectivity index (χ3v) is 7.68. The van der Waals surface area contributed by atoms with Crippen molar-refractivity contribution in [3.05, 3.63) is 62.5 Å². The van der Waals surface area contributed by atoms with Crippen molar-refractivity contribution in [1.29, 1.82) is 0 Å². The molecule has 1 unspecified atom stereocenters. The molecule has 3 rings (SSSR count). The second kappa shape index (κ2) is 4.54. The van der Waals surface area contributed by atoms with Crippen LogP contribution in [0.3, 0.4) is 0 Å². The molecule has 0 saturated heterocycles. The van der Waals surface area contributed by atoms with Crippen molar-refractivity contribution < 1.29 is 23.2 Å². The van der Waals surface area contributed by atoms with Crippen LogP contribution in [-0.4, -0.2) is 0 Å². The molecule has 0 saturated carbocycles. The van der Waals surface area contributed by atoms with E-state index in [2.05, 4.69) is 62.4 Å². The van der Waals surface area contributed by atoms with Gasteiger partial charge in [-0.05, 0) is 0 Å². The number of benzene rings is 1. The molecule has 0 heterocycles. The van der Waals surface area contributed by atoms with Gasteiger partial charge in [-0.2, -0.15) is 0 Å². The predicted octanol–water partition coefficient (Wildman–Crippen LogP) is 4.45. The summed E-state index contributed by atoms with van der Waals surface area (Å²) in [6.45, 7) is 4.60. The van der Waals surface area contributed by atoms with Crippen molar-refractivity contribution >= 4 is 6.08 Å². The number of hydrogen-bond donors (Lipinski definition) is 0. The van der Waals surface area contributed by atoms with Gasteiger partial charge in [0.25, 0.3) is 0 Å². The van der Waals surface area contributed by atoms with Gasteiger partial charge in [-0.15, -0.1) is 0 Å². The zero-order chi connectivity index (χ0) is 11.8. The van der Waals surface area contributed by atoms with Gasteiger partial charge in [-0.25, -0.2) is 0 Å². The summed E-state index contributed by atoms with van der Waals surface area (Å²) in [5, 5.41) is 0. The van der Waals surface area contributed by atoms with Crippen LogP contribution in [-0.2, 0) is 23.2 Å². The Morgan fingerprint density at radius 3 is 2.59 bits per heavy atom. The summed E-state index contributed by atoms with van der Waals surface area (Å²) in [4.78, 5) is 0. The first-order valence-corrected chi connectivity index (χ1v) is 8.83. The van der Waals surface area contributed by atoms with Gasteiger partial charge in [0.1, 0.15) is 0 Å². The van der Waals surface area contributed by atoms with E-state index in [4.69, 9.17) is 0 Å². The quantitative estimate of drug-likeness (QED) is 0.757. The molecule has 17 heavy (non-hydrogen) atoms. The minimum atomic E-state index is -0.477. The van der Waals surface area contributed by atoms with E-state index in [0.717, 1.165) is 3.63 Å². The van der Waals surface area contributed by atoms with E-state index in [1.54, 1.807) is 8.84 Å². The first-order valence-electron chi connectivity index (χ1n) is 6.18. The molecule has 2 aliphatic rings. The molecule has 1 aromatic carbocycles. The van der Waals surface area contributed by atoms with Crippen LogP contribution in [0.25, 0.3) is 6.08 Å². The molecule has 0 amide bonds. The Bertz CT molecular complexity index is 522. The van der Waals surface area contributed by atoms with E-state index >= 15 is 0 Å². The molecule has 0 spiro atoms. The summed E-state index contributed by atoms with van der Waals surface area (Å²) in [5.74, 6) is 0.666. The van der Waals surface area contributed by atoms with Crippen molar-refractivity contribution in [3.8, 4) is 0 Å². The van der Waals surface area contributed by atoms with Crippen molar-refractivity contribution in [2.75, 3.05) is 0 Å². The first-order chi connectivity index (χ1) is 8.25. The van der Waals surface area contributed by atoms with Crippen LogP contribution in [0.1, 0.15) is 29.5 Å². The van der Waals surface area contributed by atoms with Gasteiger partial charge in [-0.3, -0.25) is 0 Å². The second-order valence-corrected chi connectivity index (χ2v) is 8.61. The number of aryl methyl sites for hydroxylation is 1. The van der Waals surface area contributed by atoms with Crippen molar-refractivity contribution in [3.63, 3.8) is 0 Å². The fourth-order valence-corrected chi connectivity index (χ4v) is 6.14. The number of fused-ring (bicyclic) bond motifs is 1. The molecular weight excluding hydrogens is 283 g/mol. The Morgan fingerprint density at radius 1 is 1.12 bits per heavy atom. The average Bonchev–Trinajstić information content (AvgIpc) is 2.92. The zero-order valence-corrected chi connectivity index (χ0v) is 12.7.